The van der Waals surface area contributed by atoms with Crippen molar-refractivity contribution < 1.29 is 22.0 Å². The third-order valence-electron chi connectivity index (χ3n) is 6.89. The number of hydrogen-bond acceptors (Lipinski definition) is 1. The smallest absolute Gasteiger partial charge is 0.144 e. The van der Waals surface area contributed by atoms with Crippen LogP contribution in [0.25, 0.3) is 21.9 Å². The van der Waals surface area contributed by atoms with E-state index in [2.05, 4.69) is 6.92 Å². The molecule has 0 heterocycles. The summed E-state index contributed by atoms with van der Waals surface area (Å²) in [7, 11) is 0. The fraction of sp³-hybridized carbons (Fsp3) is 0.281. The van der Waals surface area contributed by atoms with Crippen LogP contribution in [-0.2, 0) is 19.3 Å². The van der Waals surface area contributed by atoms with Gasteiger partial charge in [-0.2, -0.15) is 5.26 Å². The van der Waals surface area contributed by atoms with Crippen molar-refractivity contribution in [3.8, 4) is 17.2 Å². The molecule has 0 aliphatic rings. The highest BCUT2D eigenvalue weighted by Crippen LogP contribution is 2.32. The summed E-state index contributed by atoms with van der Waals surface area (Å²) in [6, 6.07) is 14.1. The minimum Gasteiger partial charge on any atom is -0.206 e. The van der Waals surface area contributed by atoms with Gasteiger partial charge in [0.2, 0.25) is 0 Å². The summed E-state index contributed by atoms with van der Waals surface area (Å²) in [6.45, 7) is 2.13. The Morgan fingerprint density at radius 2 is 1.29 bits per heavy atom. The first-order valence-electron chi connectivity index (χ1n) is 12.9. The van der Waals surface area contributed by atoms with E-state index in [1.54, 1.807) is 18.2 Å². The van der Waals surface area contributed by atoms with Crippen LogP contribution in [0.1, 0.15) is 61.3 Å². The predicted octanol–water partition coefficient (Wildman–Crippen LogP) is 9.37. The van der Waals surface area contributed by atoms with Gasteiger partial charge in [0.15, 0.2) is 0 Å². The van der Waals surface area contributed by atoms with E-state index in [0.717, 1.165) is 44.2 Å². The summed E-state index contributed by atoms with van der Waals surface area (Å²) < 4.78 is 72.9. The normalized spacial score (nSPS) is 11.2. The number of rotatable bonds is 10. The number of unbranched alkanes of at least 4 members (excludes halogenated alkanes) is 4. The lowest BCUT2D eigenvalue weighted by molar-refractivity contribution is 0.572. The summed E-state index contributed by atoms with van der Waals surface area (Å²) in [5, 5.41) is 9.57. The van der Waals surface area contributed by atoms with Gasteiger partial charge in [0.05, 0.1) is 5.56 Å². The van der Waals surface area contributed by atoms with Crippen LogP contribution in [0.5, 0.6) is 0 Å². The number of nitrogens with zero attached hydrogens (tertiary/aromatic N) is 1. The molecular weight excluding hydrogens is 493 g/mol. The van der Waals surface area contributed by atoms with E-state index in [1.807, 2.05) is 0 Å². The van der Waals surface area contributed by atoms with E-state index in [-0.39, 0.29) is 23.8 Å². The maximum absolute atomic E-state index is 15.3. The Morgan fingerprint density at radius 3 is 1.95 bits per heavy atom. The van der Waals surface area contributed by atoms with Crippen molar-refractivity contribution in [2.24, 2.45) is 0 Å². The number of benzene rings is 4. The van der Waals surface area contributed by atoms with Crippen molar-refractivity contribution in [1.82, 2.24) is 0 Å². The van der Waals surface area contributed by atoms with E-state index in [4.69, 9.17) is 5.26 Å². The molecule has 1 nitrogen and oxygen atoms in total. The number of fused-ring (bicyclic) bond motifs is 1. The molecule has 0 aliphatic carbocycles. The van der Waals surface area contributed by atoms with Crippen LogP contribution in [0.3, 0.4) is 0 Å². The van der Waals surface area contributed by atoms with Gasteiger partial charge in [-0.3, -0.25) is 0 Å². The molecule has 0 bridgehead atoms. The molecule has 4 aromatic rings. The molecule has 4 rings (SSSR count). The third kappa shape index (κ3) is 6.05. The zero-order valence-electron chi connectivity index (χ0n) is 21.2. The Bertz CT molecular complexity index is 1460. The van der Waals surface area contributed by atoms with Crippen LogP contribution in [-0.4, -0.2) is 0 Å². The van der Waals surface area contributed by atoms with Crippen molar-refractivity contribution in [2.75, 3.05) is 0 Å². The van der Waals surface area contributed by atoms with Crippen molar-refractivity contribution in [3.05, 3.63) is 106 Å². The van der Waals surface area contributed by atoms with Crippen molar-refractivity contribution >= 4 is 10.8 Å². The molecule has 0 amide bonds. The molecule has 0 saturated heterocycles. The highest BCUT2D eigenvalue weighted by molar-refractivity contribution is 5.88. The van der Waals surface area contributed by atoms with Crippen molar-refractivity contribution in [1.29, 1.82) is 5.26 Å². The fourth-order valence-corrected chi connectivity index (χ4v) is 4.82. The highest BCUT2D eigenvalue weighted by Gasteiger charge is 2.16. The van der Waals surface area contributed by atoms with Crippen LogP contribution in [0.15, 0.2) is 54.6 Å². The maximum atomic E-state index is 15.3. The van der Waals surface area contributed by atoms with Crippen LogP contribution in [0.4, 0.5) is 22.0 Å². The maximum Gasteiger partial charge on any atom is 0.144 e. The van der Waals surface area contributed by atoms with Crippen LogP contribution in [0.2, 0.25) is 0 Å². The van der Waals surface area contributed by atoms with E-state index in [1.165, 1.54) is 30.3 Å². The molecule has 0 spiro atoms. The number of halogens is 5. The molecule has 0 N–H and O–H groups in total. The van der Waals surface area contributed by atoms with Gasteiger partial charge in [0, 0.05) is 5.39 Å². The fourth-order valence-electron chi connectivity index (χ4n) is 4.82. The molecule has 4 aromatic carbocycles. The molecule has 196 valence electrons. The second-order valence-corrected chi connectivity index (χ2v) is 9.62. The Labute approximate surface area is 219 Å². The Kier molecular flexibility index (Phi) is 8.78. The van der Waals surface area contributed by atoms with E-state index < -0.39 is 34.6 Å². The van der Waals surface area contributed by atoms with Crippen LogP contribution in [0, 0.1) is 40.4 Å². The zero-order chi connectivity index (χ0) is 27.2. The van der Waals surface area contributed by atoms with Crippen molar-refractivity contribution in [3.63, 3.8) is 0 Å². The lowest BCUT2D eigenvalue weighted by Crippen LogP contribution is -1.99. The van der Waals surface area contributed by atoms with Gasteiger partial charge in [-0.1, -0.05) is 56.9 Å². The first-order valence-corrected chi connectivity index (χ1v) is 12.9. The van der Waals surface area contributed by atoms with Crippen LogP contribution < -0.4 is 0 Å². The summed E-state index contributed by atoms with van der Waals surface area (Å²) in [4.78, 5) is 0. The topological polar surface area (TPSA) is 23.8 Å². The summed E-state index contributed by atoms with van der Waals surface area (Å²) in [6.07, 6.45) is 6.27. The summed E-state index contributed by atoms with van der Waals surface area (Å²) in [5.74, 6) is -3.69. The Hall–Kier alpha value is -3.72. The molecule has 0 radical (unpaired) electrons. The second kappa shape index (κ2) is 12.2. The van der Waals surface area contributed by atoms with Gasteiger partial charge >= 0.3 is 0 Å². The van der Waals surface area contributed by atoms with Gasteiger partial charge in [-0.15, -0.1) is 0 Å². The minimum absolute atomic E-state index is 0.143. The molecule has 0 unspecified atom stereocenters. The summed E-state index contributed by atoms with van der Waals surface area (Å²) >= 11 is 0. The molecule has 38 heavy (non-hydrogen) atoms. The first-order chi connectivity index (χ1) is 18.3. The molecular formula is C32H28F5N. The monoisotopic (exact) mass is 521 g/mol. The average molecular weight is 522 g/mol. The SMILES string of the molecule is CCCCCCCc1cc(F)c(-c2ccc3c(F)c(CCc4cc(F)c(C#N)c(F)c4)ccc3c2)c(F)c1. The lowest BCUT2D eigenvalue weighted by atomic mass is 9.95. The van der Waals surface area contributed by atoms with Gasteiger partial charge < -0.3 is 0 Å². The first kappa shape index (κ1) is 27.3. The van der Waals surface area contributed by atoms with Gasteiger partial charge in [0.1, 0.15) is 40.7 Å². The number of nitriles is 1. The largest absolute Gasteiger partial charge is 0.206 e. The lowest BCUT2D eigenvalue weighted by Gasteiger charge is -2.12. The number of hydrogen-bond donors (Lipinski definition) is 0. The standard InChI is InChI=1S/C32H28F5N/c1-2-3-4-5-6-7-20-16-29(35)31(30(36)17-20)24-12-13-25-23(18-24)11-10-22(32(25)37)9-8-21-14-27(33)26(19-38)28(34)15-21/h10-18H,2-9H2,1H3. The van der Waals surface area contributed by atoms with Gasteiger partial charge in [-0.25, -0.2) is 22.0 Å². The quantitative estimate of drug-likeness (QED) is 0.151. The van der Waals surface area contributed by atoms with Crippen LogP contribution >= 0.6 is 0 Å². The van der Waals surface area contributed by atoms with E-state index in [0.29, 0.717) is 34.1 Å². The predicted molar refractivity (Wildman–Crippen MR) is 140 cm³/mol. The minimum atomic E-state index is -0.950. The van der Waals surface area contributed by atoms with Gasteiger partial charge in [-0.05, 0) is 83.7 Å². The molecule has 0 fully saturated rings. The van der Waals surface area contributed by atoms with E-state index >= 15 is 4.39 Å². The van der Waals surface area contributed by atoms with Gasteiger partial charge in [0.25, 0.3) is 0 Å². The highest BCUT2D eigenvalue weighted by atomic mass is 19.1. The third-order valence-corrected chi connectivity index (χ3v) is 6.89. The Morgan fingerprint density at radius 1 is 0.658 bits per heavy atom. The number of aryl methyl sites for hydroxylation is 3. The second-order valence-electron chi connectivity index (χ2n) is 9.62. The molecule has 0 atom stereocenters. The molecule has 6 heteroatoms. The average Bonchev–Trinajstić information content (AvgIpc) is 2.88. The molecule has 0 aliphatic heterocycles. The van der Waals surface area contributed by atoms with Crippen molar-refractivity contribution in [2.45, 2.75) is 58.3 Å². The zero-order valence-corrected chi connectivity index (χ0v) is 21.2. The molecule has 0 aromatic heterocycles. The summed E-state index contributed by atoms with van der Waals surface area (Å²) in [5.41, 5.74) is 0.805. The molecule has 0 saturated carbocycles. The Balaban J connectivity index is 1.53. The van der Waals surface area contributed by atoms with E-state index in [9.17, 15) is 17.6 Å².